The van der Waals surface area contributed by atoms with E-state index in [1.165, 1.54) is 45.4 Å². The van der Waals surface area contributed by atoms with Crippen molar-refractivity contribution in [3.8, 4) is 0 Å². The van der Waals surface area contributed by atoms with Crippen molar-refractivity contribution in [1.82, 2.24) is 139 Å². The van der Waals surface area contributed by atoms with Crippen molar-refractivity contribution in [3.05, 3.63) is 105 Å². The van der Waals surface area contributed by atoms with E-state index in [0.717, 1.165) is 27.3 Å². The number of nitrogens with zero attached hydrogens (tertiary/aromatic N) is 8. The molecule has 0 bridgehead atoms. The van der Waals surface area contributed by atoms with Crippen molar-refractivity contribution in [2.45, 2.75) is 64.4 Å². The van der Waals surface area contributed by atoms with E-state index in [4.69, 9.17) is 9.26 Å². The lowest BCUT2D eigenvalue weighted by atomic mass is 10.2. The number of carbonyl (C=O) groups excluding carboxylic acids is 14. The fraction of sp³-hybridized carbons (Fsp3) is 0.531. The summed E-state index contributed by atoms with van der Waals surface area (Å²) in [7, 11) is -4.45. The van der Waals surface area contributed by atoms with Gasteiger partial charge >= 0.3 is 88.4 Å². The molecular weight excluding hydrogens is 1500 g/mol. The second kappa shape index (κ2) is 47.9. The molecular formula is C64H95N27O20P-. The second-order valence-corrected chi connectivity index (χ2v) is 26.8. The summed E-state index contributed by atoms with van der Waals surface area (Å²) in [5.74, 6) is -14.1. The fourth-order valence-electron chi connectivity index (χ4n) is 10.4. The highest BCUT2D eigenvalue weighted by Gasteiger charge is 2.40. The Labute approximate surface area is 639 Å². The van der Waals surface area contributed by atoms with Gasteiger partial charge in [-0.05, 0) is 6.92 Å². The fourth-order valence-corrected chi connectivity index (χ4v) is 11.2. The molecule has 5 aromatic rings. The number of imidazole rings is 4. The number of amides is 14. The largest absolute Gasteiger partial charge is 0.778 e. The van der Waals surface area contributed by atoms with Crippen LogP contribution < -0.4 is 90.6 Å². The van der Waals surface area contributed by atoms with Crippen molar-refractivity contribution in [2.24, 2.45) is 0 Å². The number of rotatable bonds is 45. The molecule has 4 atom stereocenters. The number of aromatic nitrogens is 10. The third kappa shape index (κ3) is 33.1. The molecule has 19 N–H and O–H groups in total. The minimum Gasteiger partial charge on any atom is -0.778 e. The Kier molecular flexibility index (Phi) is 38.1. The first kappa shape index (κ1) is 89.0. The molecule has 6 heterocycles. The van der Waals surface area contributed by atoms with Crippen LogP contribution in [0.3, 0.4) is 0 Å². The maximum absolute atomic E-state index is 13.2. The smallest absolute Gasteiger partial charge is 0.330 e. The predicted molar refractivity (Wildman–Crippen MR) is 388 cm³/mol. The van der Waals surface area contributed by atoms with Gasteiger partial charge in [-0.1, -0.05) is 6.92 Å². The summed E-state index contributed by atoms with van der Waals surface area (Å²) in [6.07, 6.45) is 10.6. The van der Waals surface area contributed by atoms with Crippen LogP contribution in [-0.2, 0) is 107 Å². The molecule has 1 saturated heterocycles. The topological polar surface area (TPSA) is 645 Å². The Morgan fingerprint density at radius 2 is 0.688 bits per heavy atom. The van der Waals surface area contributed by atoms with Gasteiger partial charge in [-0.25, -0.2) is 24.7 Å². The first-order valence-electron chi connectivity index (χ1n) is 35.7. The highest BCUT2D eigenvalue weighted by molar-refractivity contribution is 7.51. The van der Waals surface area contributed by atoms with Crippen molar-refractivity contribution < 1.29 is 85.8 Å². The van der Waals surface area contributed by atoms with E-state index in [-0.39, 0.29) is 156 Å². The Bertz CT molecular complexity index is 3760. The molecule has 48 heteroatoms. The van der Waals surface area contributed by atoms with Crippen molar-refractivity contribution in [2.75, 3.05) is 157 Å². The minimum atomic E-state index is -4.45. The third-order valence-corrected chi connectivity index (χ3v) is 18.0. The maximum Gasteiger partial charge on any atom is 0.330 e. The summed E-state index contributed by atoms with van der Waals surface area (Å²) in [5, 5.41) is 34.6. The van der Waals surface area contributed by atoms with Crippen LogP contribution >= 0.6 is 7.60 Å². The van der Waals surface area contributed by atoms with Crippen LogP contribution in [0.4, 0.5) is 0 Å². The minimum absolute atomic E-state index is 0.0161. The molecule has 47 nitrogen and oxygen atoms in total. The molecule has 2 unspecified atom stereocenters. The molecule has 14 amide bonds. The molecule has 0 aromatic carbocycles. The van der Waals surface area contributed by atoms with Gasteiger partial charge in [0.25, 0.3) is 5.56 Å². The highest BCUT2D eigenvalue weighted by atomic mass is 31.2. The summed E-state index contributed by atoms with van der Waals surface area (Å²) >= 11 is 0. The average molecular weight is 1590 g/mol. The van der Waals surface area contributed by atoms with E-state index in [1.807, 2.05) is 0 Å². The summed E-state index contributed by atoms with van der Waals surface area (Å²) in [4.78, 5) is 251. The van der Waals surface area contributed by atoms with Crippen LogP contribution in [0.2, 0.25) is 0 Å². The average Bonchev–Trinajstić information content (AvgIpc) is 1.64. The molecule has 5 aromatic heterocycles. The lowest BCUT2D eigenvalue weighted by Crippen LogP contribution is -2.49. The molecule has 1 aliphatic rings. The first-order chi connectivity index (χ1) is 53.8. The lowest BCUT2D eigenvalue weighted by Gasteiger charge is -2.28. The maximum atomic E-state index is 13.2. The number of nitrogens with one attached hydrogen (secondary N) is 19. The van der Waals surface area contributed by atoms with Gasteiger partial charge in [0.15, 0.2) is 0 Å². The van der Waals surface area contributed by atoms with E-state index in [2.05, 4.69) is 119 Å². The zero-order valence-corrected chi connectivity index (χ0v) is 62.5. The number of hydrogen-bond donors (Lipinski definition) is 19. The molecule has 0 aliphatic carbocycles. The van der Waals surface area contributed by atoms with E-state index in [1.54, 1.807) is 39.5 Å². The first-order valence-corrected chi connectivity index (χ1v) is 37.4. The monoisotopic (exact) mass is 1590 g/mol. The van der Waals surface area contributed by atoms with Crippen LogP contribution in [0, 0.1) is 6.92 Å². The lowest BCUT2D eigenvalue weighted by molar-refractivity contribution is -0.203. The van der Waals surface area contributed by atoms with E-state index < -0.39 is 133 Å². The molecule has 6 rings (SSSR count). The zero-order valence-electron chi connectivity index (χ0n) is 61.6. The number of ether oxygens (including phenoxy) is 1. The number of aryl methyl sites for hydroxylation is 1. The van der Waals surface area contributed by atoms with Crippen LogP contribution in [0.15, 0.2) is 65.9 Å². The van der Waals surface area contributed by atoms with E-state index >= 15 is 0 Å². The van der Waals surface area contributed by atoms with Gasteiger partial charge in [-0.15, -0.1) is 0 Å². The van der Waals surface area contributed by atoms with E-state index in [0.29, 0.717) is 25.7 Å². The SMILES string of the molecule is CCP(=O)([O-])OC1C[C@H](n2cc(C)c(=O)[nH]c2=O)O[C@@H]1CNC(=O)C(=O)NCCN(CCNC(=O)C(=O)NCCN(CCNC(=O)C(=O)NCCc1cnc[nH]1)CCNC(=O)C(=O)NCCc1cnc[nH]1)CCNC(=O)C(=O)NCCN(CCNC(=O)C(=O)NCCc1cnc[nH]1)CCNC(=O)C(=O)NCCc1cnc[nH]1. The summed E-state index contributed by atoms with van der Waals surface area (Å²) in [6.45, 7) is 1.31. The highest BCUT2D eigenvalue weighted by Crippen LogP contribution is 2.43. The number of H-pyrrole nitrogens is 5. The van der Waals surface area contributed by atoms with Gasteiger partial charge in [-0.2, -0.15) is 0 Å². The van der Waals surface area contributed by atoms with Gasteiger partial charge in [-0.3, -0.25) is 96.2 Å². The molecule has 112 heavy (non-hydrogen) atoms. The quantitative estimate of drug-likeness (QED) is 0.0127. The van der Waals surface area contributed by atoms with Crippen molar-refractivity contribution in [1.29, 1.82) is 0 Å². The van der Waals surface area contributed by atoms with Crippen LogP contribution in [0.5, 0.6) is 0 Å². The summed E-state index contributed by atoms with van der Waals surface area (Å²) in [5.41, 5.74) is 1.53. The van der Waals surface area contributed by atoms with Crippen molar-refractivity contribution >= 4 is 90.3 Å². The van der Waals surface area contributed by atoms with Gasteiger partial charge in [0.05, 0.1) is 31.4 Å². The Morgan fingerprint density at radius 1 is 0.438 bits per heavy atom. The summed E-state index contributed by atoms with van der Waals surface area (Å²) in [6, 6.07) is 0. The predicted octanol–water partition coefficient (Wildman–Crippen LogP) is -11.5. The normalized spacial score (nSPS) is 14.2. The van der Waals surface area contributed by atoms with Gasteiger partial charge in [0, 0.05) is 248 Å². The zero-order chi connectivity index (χ0) is 81.2. The van der Waals surface area contributed by atoms with Gasteiger partial charge in [0.2, 0.25) is 0 Å². The Balaban J connectivity index is 1.02. The molecule has 1 aliphatic heterocycles. The number of aromatic amines is 5. The standard InChI is InChI=1S/C64H96N27O20P/c1-3-112(108,109)111-46-30-48(91-36-41(2)49(92)87-64(91)107)110-47(46)35-82-63(106)62(105)81-20-29-90(27-18-79-60(103)58(101)77-16-25-88(21-12-73-54(97)50(93)69-8-4-42-31-65-37-83-42)22-13-74-55(98)51(94)70-9-5-43-32-66-38-84-43)28-19-80-61(104)59(102)78-17-26-89(23-14-75-56(99)52(95)71-10-6-44-33-67-39-85-44)24-15-76-57(100)53(96)72-11-7-45-34-68-40-86-45/h31-34,36-40,46-48H,3-30,35H2,1-2H3,(H,65,83)(H,66,84)(H,67,85)(H,68,86)(H,69,93)(H,70,94)(H,71,95)(H,72,96)(H,73,97)(H,74,98)(H,75,99)(H,76,100)(H,77,101)(H,78,102)(H,79,103)(H,80,104)(H,81,105)(H,82,106)(H,108,109)(H,87,92,107)/p-1/t46?,47-,48-/m1/s1. The molecule has 0 spiro atoms. The third-order valence-electron chi connectivity index (χ3n) is 16.6. The number of carbonyl (C=O) groups is 14. The molecule has 0 radical (unpaired) electrons. The van der Waals surface area contributed by atoms with Gasteiger partial charge in [0.1, 0.15) is 19.9 Å². The Hall–Kier alpha value is -11.9. The summed E-state index contributed by atoms with van der Waals surface area (Å²) < 4.78 is 24.9. The number of hydrogen-bond acceptors (Lipinski definition) is 27. The van der Waals surface area contributed by atoms with E-state index in [9.17, 15) is 86.2 Å². The van der Waals surface area contributed by atoms with Crippen LogP contribution in [-0.4, -0.2) is 316 Å². The second-order valence-electron chi connectivity index (χ2n) is 24.8. The molecule has 1 fully saturated rings. The van der Waals surface area contributed by atoms with Gasteiger partial charge < -0.3 is 113 Å². The van der Waals surface area contributed by atoms with Crippen LogP contribution in [0.1, 0.15) is 47.9 Å². The van der Waals surface area contributed by atoms with Crippen LogP contribution in [0.25, 0.3) is 0 Å². The molecule has 0 saturated carbocycles. The Morgan fingerprint density at radius 3 is 0.929 bits per heavy atom. The molecule has 612 valence electrons. The van der Waals surface area contributed by atoms with Crippen molar-refractivity contribution in [3.63, 3.8) is 0 Å².